The molecule has 3 heterocycles. The molecule has 0 bridgehead atoms. The van der Waals surface area contributed by atoms with Crippen molar-refractivity contribution in [2.75, 3.05) is 6.54 Å². The minimum absolute atomic E-state index is 0.0534. The lowest BCUT2D eigenvalue weighted by Crippen LogP contribution is -2.55. The SMILES string of the molecule is Cc1ncsc1-c1ccc(CNC(=O)[C@@H]2C[C@@H](OC(C)(C)C)CN2C(=O)[C@H](C(C)C)N2Cc3cccc(C#N)c3C2=O)c(O)c1. The molecule has 10 nitrogen and oxygen atoms in total. The number of rotatable bonds is 8. The van der Waals surface area contributed by atoms with E-state index in [0.717, 1.165) is 16.1 Å². The number of nitriles is 1. The molecule has 1 fully saturated rings. The van der Waals surface area contributed by atoms with Gasteiger partial charge in [0.2, 0.25) is 11.8 Å². The van der Waals surface area contributed by atoms with Crippen LogP contribution in [0.5, 0.6) is 5.75 Å². The molecular weight excluding hydrogens is 590 g/mol. The lowest BCUT2D eigenvalue weighted by Gasteiger charge is -2.35. The molecule has 0 unspecified atom stereocenters. The van der Waals surface area contributed by atoms with Crippen molar-refractivity contribution in [2.45, 2.75) is 84.8 Å². The van der Waals surface area contributed by atoms with Gasteiger partial charge in [0.05, 0.1) is 45.0 Å². The Kier molecular flexibility index (Phi) is 9.01. The Morgan fingerprint density at radius 2 is 2.00 bits per heavy atom. The average molecular weight is 630 g/mol. The maximum Gasteiger partial charge on any atom is 0.256 e. The third-order valence-corrected chi connectivity index (χ3v) is 9.20. The number of nitrogens with one attached hydrogen (secondary N) is 1. The fourth-order valence-corrected chi connectivity index (χ4v) is 7.06. The number of aromatic hydroxyl groups is 1. The van der Waals surface area contributed by atoms with Crippen LogP contribution >= 0.6 is 11.3 Å². The summed E-state index contributed by atoms with van der Waals surface area (Å²) < 4.78 is 6.23. The number of aryl methyl sites for hydroxylation is 1. The Bertz CT molecular complexity index is 1670. The van der Waals surface area contributed by atoms with Crippen LogP contribution in [0.4, 0.5) is 0 Å². The van der Waals surface area contributed by atoms with Crippen LogP contribution in [0.2, 0.25) is 0 Å². The van der Waals surface area contributed by atoms with Gasteiger partial charge in [-0.05, 0) is 56.9 Å². The monoisotopic (exact) mass is 629 g/mol. The van der Waals surface area contributed by atoms with E-state index in [1.807, 2.05) is 47.6 Å². The molecule has 3 atom stereocenters. The third-order valence-electron chi connectivity index (χ3n) is 8.22. The molecule has 0 spiro atoms. The molecule has 11 heteroatoms. The summed E-state index contributed by atoms with van der Waals surface area (Å²) in [6.07, 6.45) is -0.0911. The number of benzene rings is 2. The van der Waals surface area contributed by atoms with Crippen LogP contribution in [0.3, 0.4) is 0 Å². The van der Waals surface area contributed by atoms with Gasteiger partial charge in [-0.2, -0.15) is 5.26 Å². The number of aromatic nitrogens is 1. The quantitative estimate of drug-likeness (QED) is 0.366. The summed E-state index contributed by atoms with van der Waals surface area (Å²) in [5, 5.41) is 23.3. The summed E-state index contributed by atoms with van der Waals surface area (Å²) in [5.41, 5.74) is 4.85. The maximum atomic E-state index is 14.3. The van der Waals surface area contributed by atoms with E-state index in [0.29, 0.717) is 23.1 Å². The van der Waals surface area contributed by atoms with Crippen LogP contribution in [-0.2, 0) is 27.4 Å². The largest absolute Gasteiger partial charge is 0.508 e. The first-order valence-corrected chi connectivity index (χ1v) is 16.0. The van der Waals surface area contributed by atoms with E-state index in [4.69, 9.17) is 4.74 Å². The lowest BCUT2D eigenvalue weighted by atomic mass is 10.00. The first-order valence-electron chi connectivity index (χ1n) is 15.1. The van der Waals surface area contributed by atoms with E-state index in [1.54, 1.807) is 35.8 Å². The molecule has 0 radical (unpaired) electrons. The summed E-state index contributed by atoms with van der Waals surface area (Å²) in [6, 6.07) is 10.9. The molecule has 1 saturated heterocycles. The van der Waals surface area contributed by atoms with Gasteiger partial charge in [0, 0.05) is 31.6 Å². The first-order chi connectivity index (χ1) is 21.3. The number of hydrogen-bond donors (Lipinski definition) is 2. The predicted octanol–water partition coefficient (Wildman–Crippen LogP) is 4.78. The number of amides is 3. The van der Waals surface area contributed by atoms with Gasteiger partial charge < -0.3 is 25.0 Å². The number of nitrogens with zero attached hydrogens (tertiary/aromatic N) is 4. The molecule has 2 aliphatic heterocycles. The van der Waals surface area contributed by atoms with E-state index >= 15 is 0 Å². The highest BCUT2D eigenvalue weighted by atomic mass is 32.1. The van der Waals surface area contributed by atoms with Crippen LogP contribution in [0.1, 0.15) is 73.8 Å². The lowest BCUT2D eigenvalue weighted by molar-refractivity contribution is -0.143. The zero-order valence-corrected chi connectivity index (χ0v) is 27.3. The number of phenols is 1. The number of hydrogen-bond acceptors (Lipinski definition) is 8. The number of fused-ring (bicyclic) bond motifs is 1. The van der Waals surface area contributed by atoms with Gasteiger partial charge in [-0.15, -0.1) is 11.3 Å². The van der Waals surface area contributed by atoms with Crippen molar-refractivity contribution in [3.63, 3.8) is 0 Å². The van der Waals surface area contributed by atoms with Crippen molar-refractivity contribution >= 4 is 29.1 Å². The van der Waals surface area contributed by atoms with Gasteiger partial charge in [-0.1, -0.05) is 38.1 Å². The van der Waals surface area contributed by atoms with Gasteiger partial charge in [0.15, 0.2) is 0 Å². The molecular formula is C34H39N5O5S. The fourth-order valence-electron chi connectivity index (χ4n) is 6.26. The normalized spacial score (nSPS) is 18.7. The molecule has 236 valence electrons. The summed E-state index contributed by atoms with van der Waals surface area (Å²) in [7, 11) is 0. The maximum absolute atomic E-state index is 14.3. The molecule has 5 rings (SSSR count). The Hall–Kier alpha value is -4.27. The second-order valence-corrected chi connectivity index (χ2v) is 13.9. The number of carbonyl (C=O) groups excluding carboxylic acids is 3. The summed E-state index contributed by atoms with van der Waals surface area (Å²) >= 11 is 1.49. The van der Waals surface area contributed by atoms with Crippen molar-refractivity contribution in [3.8, 4) is 22.3 Å². The predicted molar refractivity (Wildman–Crippen MR) is 170 cm³/mol. The molecule has 0 saturated carbocycles. The third kappa shape index (κ3) is 6.58. The van der Waals surface area contributed by atoms with Gasteiger partial charge in [0.25, 0.3) is 5.91 Å². The van der Waals surface area contributed by atoms with Crippen molar-refractivity contribution in [1.82, 2.24) is 20.1 Å². The van der Waals surface area contributed by atoms with E-state index in [-0.39, 0.29) is 60.7 Å². The molecule has 1 aromatic heterocycles. The van der Waals surface area contributed by atoms with Crippen LogP contribution in [0.15, 0.2) is 41.9 Å². The molecule has 2 aliphatic rings. The molecule has 0 aliphatic carbocycles. The van der Waals surface area contributed by atoms with E-state index in [9.17, 15) is 24.8 Å². The smallest absolute Gasteiger partial charge is 0.256 e. The zero-order chi connectivity index (χ0) is 32.6. The Balaban J connectivity index is 1.36. The van der Waals surface area contributed by atoms with E-state index < -0.39 is 17.7 Å². The van der Waals surface area contributed by atoms with Crippen LogP contribution in [0.25, 0.3) is 10.4 Å². The van der Waals surface area contributed by atoms with Crippen molar-refractivity contribution in [3.05, 3.63) is 69.9 Å². The highest BCUT2D eigenvalue weighted by Gasteiger charge is 2.47. The number of thiazole rings is 1. The first kappa shape index (κ1) is 32.1. The van der Waals surface area contributed by atoms with Crippen LogP contribution < -0.4 is 5.32 Å². The van der Waals surface area contributed by atoms with Gasteiger partial charge in [-0.25, -0.2) is 4.98 Å². The van der Waals surface area contributed by atoms with Crippen molar-refractivity contribution < 1.29 is 24.2 Å². The Morgan fingerprint density at radius 3 is 2.62 bits per heavy atom. The van der Waals surface area contributed by atoms with Gasteiger partial charge >= 0.3 is 0 Å². The van der Waals surface area contributed by atoms with Crippen LogP contribution in [-0.4, -0.2) is 67.9 Å². The van der Waals surface area contributed by atoms with Crippen molar-refractivity contribution in [1.29, 1.82) is 5.26 Å². The number of likely N-dealkylation sites (tertiary alicyclic amines) is 1. The van der Waals surface area contributed by atoms with Gasteiger partial charge in [-0.3, -0.25) is 14.4 Å². The number of carbonyl (C=O) groups is 3. The van der Waals surface area contributed by atoms with Crippen molar-refractivity contribution in [2.24, 2.45) is 5.92 Å². The highest BCUT2D eigenvalue weighted by molar-refractivity contribution is 7.13. The Morgan fingerprint density at radius 1 is 1.24 bits per heavy atom. The highest BCUT2D eigenvalue weighted by Crippen LogP contribution is 2.34. The molecule has 45 heavy (non-hydrogen) atoms. The van der Waals surface area contributed by atoms with Crippen LogP contribution in [0, 0.1) is 24.2 Å². The summed E-state index contributed by atoms with van der Waals surface area (Å²) in [5.74, 6) is -1.26. The molecule has 3 aromatic rings. The summed E-state index contributed by atoms with van der Waals surface area (Å²) in [4.78, 5) is 50.0. The molecule has 2 aromatic carbocycles. The topological polar surface area (TPSA) is 136 Å². The zero-order valence-electron chi connectivity index (χ0n) is 26.5. The number of phenolic OH excluding ortho intramolecular Hbond substituents is 1. The minimum Gasteiger partial charge on any atom is -0.508 e. The fraction of sp³-hybridized carbons (Fsp3) is 0.441. The summed E-state index contributed by atoms with van der Waals surface area (Å²) in [6.45, 7) is 11.9. The average Bonchev–Trinajstić information content (AvgIpc) is 3.68. The van der Waals surface area contributed by atoms with E-state index in [2.05, 4.69) is 16.4 Å². The second kappa shape index (κ2) is 12.6. The minimum atomic E-state index is -0.841. The van der Waals surface area contributed by atoms with Gasteiger partial charge in [0.1, 0.15) is 17.8 Å². The number of ether oxygens (including phenoxy) is 1. The second-order valence-electron chi connectivity index (χ2n) is 13.0. The molecule has 2 N–H and O–H groups in total. The Labute approximate surface area is 267 Å². The van der Waals surface area contributed by atoms with E-state index in [1.165, 1.54) is 21.1 Å². The standard InChI is InChI=1S/C34H39N5O5S/c1-19(2)29(39-16-24-9-7-8-22(14-35)28(24)32(39)42)33(43)38-17-25(44-34(4,5)6)13-26(38)31(41)36-15-23-11-10-21(12-27(23)40)30-20(3)37-18-45-30/h7-12,18-19,25-26,29,40H,13,15-17H2,1-6H3,(H,36,41)/t25-,26+,29+/m1/s1. The molecule has 3 amide bonds.